The van der Waals surface area contributed by atoms with Crippen molar-refractivity contribution in [2.45, 2.75) is 53.1 Å². The summed E-state index contributed by atoms with van der Waals surface area (Å²) in [7, 11) is 0. The molecule has 1 aliphatic rings. The maximum absolute atomic E-state index is 12.8. The summed E-state index contributed by atoms with van der Waals surface area (Å²) in [5.41, 5.74) is 5.95. The van der Waals surface area contributed by atoms with Gasteiger partial charge >= 0.3 is 0 Å². The lowest BCUT2D eigenvalue weighted by molar-refractivity contribution is -0.127. The molecule has 1 heterocycles. The van der Waals surface area contributed by atoms with Crippen molar-refractivity contribution in [2.24, 2.45) is 5.92 Å². The minimum Gasteiger partial charge on any atom is -0.349 e. The van der Waals surface area contributed by atoms with Gasteiger partial charge in [-0.25, -0.2) is 0 Å². The van der Waals surface area contributed by atoms with Crippen LogP contribution < -0.4 is 5.32 Å². The summed E-state index contributed by atoms with van der Waals surface area (Å²) in [5.74, 6) is 0.216. The predicted octanol–water partition coefficient (Wildman–Crippen LogP) is 6.01. The second-order valence-corrected chi connectivity index (χ2v) is 9.09. The molecule has 0 aliphatic carbocycles. The van der Waals surface area contributed by atoms with Crippen LogP contribution >= 0.6 is 23.2 Å². The number of piperidine rings is 1. The molecule has 0 aromatic heterocycles. The SMILES string of the molecule is Cc1cc(C)c([C@H](C)NC(=O)C2CCN(Cc3c(Cl)cccc3Cl)CC2)cc1C. The zero-order valence-electron chi connectivity index (χ0n) is 17.7. The van der Waals surface area contributed by atoms with Crippen LogP contribution in [0.15, 0.2) is 30.3 Å². The number of benzene rings is 2. The Morgan fingerprint density at radius 1 is 1.07 bits per heavy atom. The summed E-state index contributed by atoms with van der Waals surface area (Å²) >= 11 is 12.6. The lowest BCUT2D eigenvalue weighted by Crippen LogP contribution is -2.41. The normalized spacial score (nSPS) is 16.6. The van der Waals surface area contributed by atoms with Crippen molar-refractivity contribution in [1.82, 2.24) is 10.2 Å². The molecule has 1 saturated heterocycles. The van der Waals surface area contributed by atoms with Crippen molar-refractivity contribution in [3.63, 3.8) is 0 Å². The van der Waals surface area contributed by atoms with E-state index in [1.54, 1.807) is 0 Å². The molecule has 3 nitrogen and oxygen atoms in total. The molecule has 2 aromatic rings. The summed E-state index contributed by atoms with van der Waals surface area (Å²) in [6.45, 7) is 10.9. The molecule has 1 N–H and O–H groups in total. The highest BCUT2D eigenvalue weighted by Gasteiger charge is 2.27. The van der Waals surface area contributed by atoms with Gasteiger partial charge in [-0.15, -0.1) is 0 Å². The van der Waals surface area contributed by atoms with Crippen LogP contribution in [0, 0.1) is 26.7 Å². The van der Waals surface area contributed by atoms with Crippen LogP contribution in [-0.4, -0.2) is 23.9 Å². The zero-order chi connectivity index (χ0) is 21.1. The summed E-state index contributed by atoms with van der Waals surface area (Å²) in [4.78, 5) is 15.2. The number of carbonyl (C=O) groups excluding carboxylic acids is 1. The fraction of sp³-hybridized carbons (Fsp3) is 0.458. The molecule has 1 atom stereocenters. The van der Waals surface area contributed by atoms with Crippen molar-refractivity contribution in [3.8, 4) is 0 Å². The van der Waals surface area contributed by atoms with Gasteiger partial charge in [-0.05, 0) is 88.0 Å². The molecule has 156 valence electrons. The quantitative estimate of drug-likeness (QED) is 0.627. The Morgan fingerprint density at radius 3 is 2.28 bits per heavy atom. The zero-order valence-corrected chi connectivity index (χ0v) is 19.2. The van der Waals surface area contributed by atoms with Crippen molar-refractivity contribution in [3.05, 3.63) is 68.2 Å². The number of hydrogen-bond acceptors (Lipinski definition) is 2. The van der Waals surface area contributed by atoms with Crippen LogP contribution in [0.2, 0.25) is 10.0 Å². The topological polar surface area (TPSA) is 32.3 Å². The third-order valence-electron chi connectivity index (χ3n) is 6.11. The van der Waals surface area contributed by atoms with Crippen molar-refractivity contribution >= 4 is 29.1 Å². The fourth-order valence-electron chi connectivity index (χ4n) is 4.12. The summed E-state index contributed by atoms with van der Waals surface area (Å²) in [6.07, 6.45) is 1.71. The monoisotopic (exact) mass is 432 g/mol. The fourth-order valence-corrected chi connectivity index (χ4v) is 4.64. The minimum absolute atomic E-state index is 0.0155. The van der Waals surface area contributed by atoms with Crippen LogP contribution in [0.4, 0.5) is 0 Å². The molecule has 2 aromatic carbocycles. The van der Waals surface area contributed by atoms with Gasteiger partial charge in [-0.1, -0.05) is 41.4 Å². The van der Waals surface area contributed by atoms with Crippen molar-refractivity contribution in [1.29, 1.82) is 0 Å². The Labute approximate surface area is 184 Å². The number of nitrogens with one attached hydrogen (secondary N) is 1. The predicted molar refractivity (Wildman–Crippen MR) is 122 cm³/mol. The lowest BCUT2D eigenvalue weighted by atomic mass is 9.93. The Bertz CT molecular complexity index is 868. The molecule has 0 unspecified atom stereocenters. The molecule has 0 bridgehead atoms. The first-order chi connectivity index (χ1) is 13.8. The van der Waals surface area contributed by atoms with Gasteiger partial charge in [0.15, 0.2) is 0 Å². The molecular weight excluding hydrogens is 403 g/mol. The van der Waals surface area contributed by atoms with E-state index in [1.807, 2.05) is 18.2 Å². The average Bonchev–Trinajstić information content (AvgIpc) is 2.68. The second kappa shape index (κ2) is 9.51. The third kappa shape index (κ3) is 5.33. The number of nitrogens with zero attached hydrogens (tertiary/aromatic N) is 1. The molecule has 5 heteroatoms. The van der Waals surface area contributed by atoms with Crippen molar-refractivity contribution in [2.75, 3.05) is 13.1 Å². The number of carbonyl (C=O) groups is 1. The number of halogens is 2. The Kier molecular flexibility index (Phi) is 7.26. The molecule has 3 rings (SSSR count). The van der Waals surface area contributed by atoms with E-state index >= 15 is 0 Å². The van der Waals surface area contributed by atoms with Gasteiger partial charge in [-0.3, -0.25) is 9.69 Å². The van der Waals surface area contributed by atoms with E-state index in [0.717, 1.165) is 38.0 Å². The average molecular weight is 433 g/mol. The lowest BCUT2D eigenvalue weighted by Gasteiger charge is -2.32. The summed E-state index contributed by atoms with van der Waals surface area (Å²) in [6, 6.07) is 10.0. The van der Waals surface area contributed by atoms with E-state index in [9.17, 15) is 4.79 Å². The van der Waals surface area contributed by atoms with E-state index in [0.29, 0.717) is 10.0 Å². The van der Waals surface area contributed by atoms with Gasteiger partial charge < -0.3 is 5.32 Å². The molecule has 1 fully saturated rings. The van der Waals surface area contributed by atoms with Gasteiger partial charge in [0.25, 0.3) is 0 Å². The van der Waals surface area contributed by atoms with Gasteiger partial charge in [0.2, 0.25) is 5.91 Å². The first kappa shape index (κ1) is 22.1. The first-order valence-electron chi connectivity index (χ1n) is 10.3. The van der Waals surface area contributed by atoms with Gasteiger partial charge in [0.05, 0.1) is 6.04 Å². The highest BCUT2D eigenvalue weighted by Crippen LogP contribution is 2.28. The van der Waals surface area contributed by atoms with E-state index in [2.05, 4.69) is 50.0 Å². The first-order valence-corrected chi connectivity index (χ1v) is 11.0. The van der Waals surface area contributed by atoms with E-state index in [-0.39, 0.29) is 17.9 Å². The van der Waals surface area contributed by atoms with Crippen LogP contribution in [0.3, 0.4) is 0 Å². The number of aryl methyl sites for hydroxylation is 3. The van der Waals surface area contributed by atoms with Crippen LogP contribution in [-0.2, 0) is 11.3 Å². The van der Waals surface area contributed by atoms with Crippen LogP contribution in [0.25, 0.3) is 0 Å². The molecule has 29 heavy (non-hydrogen) atoms. The van der Waals surface area contributed by atoms with Crippen LogP contribution in [0.1, 0.15) is 53.6 Å². The maximum Gasteiger partial charge on any atom is 0.223 e. The van der Waals surface area contributed by atoms with Gasteiger partial charge in [0.1, 0.15) is 0 Å². The number of likely N-dealkylation sites (tertiary alicyclic amines) is 1. The largest absolute Gasteiger partial charge is 0.349 e. The number of hydrogen-bond donors (Lipinski definition) is 1. The van der Waals surface area contributed by atoms with E-state index < -0.39 is 0 Å². The Morgan fingerprint density at radius 2 is 1.66 bits per heavy atom. The van der Waals surface area contributed by atoms with Gasteiger partial charge in [0, 0.05) is 28.1 Å². The number of rotatable bonds is 5. The van der Waals surface area contributed by atoms with Crippen LogP contribution in [0.5, 0.6) is 0 Å². The maximum atomic E-state index is 12.8. The van der Waals surface area contributed by atoms with E-state index in [4.69, 9.17) is 23.2 Å². The Balaban J connectivity index is 1.55. The highest BCUT2D eigenvalue weighted by molar-refractivity contribution is 6.35. The summed E-state index contributed by atoms with van der Waals surface area (Å²) < 4.78 is 0. The molecule has 0 spiro atoms. The van der Waals surface area contributed by atoms with Gasteiger partial charge in [-0.2, -0.15) is 0 Å². The number of amides is 1. The Hall–Kier alpha value is -1.55. The standard InChI is InChI=1S/C24H30Cl2N2O/c1-15-12-17(3)20(13-16(15)2)18(4)27-24(29)19-8-10-28(11-9-19)14-21-22(25)6-5-7-23(21)26/h5-7,12-13,18-19H,8-11,14H2,1-4H3,(H,27,29)/t18-/m0/s1. The molecular formula is C24H30Cl2N2O. The third-order valence-corrected chi connectivity index (χ3v) is 6.82. The van der Waals surface area contributed by atoms with E-state index in [1.165, 1.54) is 22.3 Å². The summed E-state index contributed by atoms with van der Waals surface area (Å²) in [5, 5.41) is 4.64. The molecule has 1 amide bonds. The minimum atomic E-state index is 0.0155. The molecule has 1 aliphatic heterocycles. The molecule has 0 saturated carbocycles. The smallest absolute Gasteiger partial charge is 0.223 e. The van der Waals surface area contributed by atoms with Crippen molar-refractivity contribution < 1.29 is 4.79 Å². The second-order valence-electron chi connectivity index (χ2n) is 8.27. The molecule has 0 radical (unpaired) electrons. The highest BCUT2D eigenvalue weighted by atomic mass is 35.5.